The van der Waals surface area contributed by atoms with Gasteiger partial charge in [0.05, 0.1) is 39.6 Å². The Balaban J connectivity index is 0.000000141. The maximum atomic E-state index is 8.74. The fourth-order valence-corrected chi connectivity index (χ4v) is 1.53. The lowest BCUT2D eigenvalue weighted by Gasteiger charge is -2.01. The van der Waals surface area contributed by atoms with Crippen LogP contribution in [0, 0.1) is 0 Å². The van der Waals surface area contributed by atoms with Gasteiger partial charge in [-0.15, -0.1) is 0 Å². The van der Waals surface area contributed by atoms with Gasteiger partial charge in [-0.2, -0.15) is 0 Å². The normalized spacial score (nSPS) is 23.5. The van der Waals surface area contributed by atoms with Crippen molar-refractivity contribution in [3.8, 4) is 0 Å². The minimum Gasteiger partial charge on any atom is -0.392 e. The van der Waals surface area contributed by atoms with Crippen molar-refractivity contribution in [2.24, 2.45) is 0 Å². The van der Waals surface area contributed by atoms with Crippen molar-refractivity contribution in [3.63, 3.8) is 0 Å². The van der Waals surface area contributed by atoms with Crippen LogP contribution in [0.2, 0.25) is 0 Å². The van der Waals surface area contributed by atoms with Gasteiger partial charge >= 0.3 is 0 Å². The van der Waals surface area contributed by atoms with Crippen LogP contribution in [0.3, 0.4) is 0 Å². The molecule has 0 spiro atoms. The molecular formula is C14H20O5. The second-order valence-electron chi connectivity index (χ2n) is 4.53. The van der Waals surface area contributed by atoms with E-state index in [0.29, 0.717) is 12.2 Å². The zero-order chi connectivity index (χ0) is 13.5. The van der Waals surface area contributed by atoms with Gasteiger partial charge in [-0.3, -0.25) is 0 Å². The summed E-state index contributed by atoms with van der Waals surface area (Å²) >= 11 is 0. The minimum atomic E-state index is -0.00324. The fourth-order valence-electron chi connectivity index (χ4n) is 1.53. The molecule has 0 bridgehead atoms. The molecule has 0 amide bonds. The third kappa shape index (κ3) is 5.67. The Kier molecular flexibility index (Phi) is 5.75. The van der Waals surface area contributed by atoms with Gasteiger partial charge in [0.1, 0.15) is 12.2 Å². The largest absolute Gasteiger partial charge is 0.392 e. The van der Waals surface area contributed by atoms with Gasteiger partial charge in [0.15, 0.2) is 0 Å². The topological polar surface area (TPSA) is 74.8 Å². The molecule has 19 heavy (non-hydrogen) atoms. The second kappa shape index (κ2) is 7.57. The van der Waals surface area contributed by atoms with E-state index < -0.39 is 0 Å². The molecule has 2 aliphatic heterocycles. The van der Waals surface area contributed by atoms with Gasteiger partial charge in [0.2, 0.25) is 0 Å². The lowest BCUT2D eigenvalue weighted by atomic mass is 10.1. The van der Waals surface area contributed by atoms with Crippen LogP contribution in [0.1, 0.15) is 11.1 Å². The lowest BCUT2D eigenvalue weighted by molar-refractivity contribution is 0.102. The number of hydrogen-bond donors (Lipinski definition) is 2. The standard InChI is InChI=1S/C8H10O2.C6H10O3/c9-5-7-3-1-2-4-8(7)6-10;1(5-3-8-5)7-2-6-4-9-6/h1-4,9-10H,5-6H2;5-6H,1-4H2. The summed E-state index contributed by atoms with van der Waals surface area (Å²) in [7, 11) is 0. The maximum Gasteiger partial charge on any atom is 0.104 e. The third-order valence-electron chi connectivity index (χ3n) is 2.87. The first-order valence-corrected chi connectivity index (χ1v) is 6.43. The molecule has 0 saturated carbocycles. The molecular weight excluding hydrogens is 248 g/mol. The van der Waals surface area contributed by atoms with Gasteiger partial charge in [0, 0.05) is 0 Å². The van der Waals surface area contributed by atoms with E-state index in [4.69, 9.17) is 24.4 Å². The molecule has 0 radical (unpaired) electrons. The first-order chi connectivity index (χ1) is 9.33. The highest BCUT2D eigenvalue weighted by Gasteiger charge is 2.26. The molecule has 2 fully saturated rings. The van der Waals surface area contributed by atoms with Crippen LogP contribution in [-0.4, -0.2) is 48.8 Å². The molecule has 2 heterocycles. The highest BCUT2D eigenvalue weighted by Crippen LogP contribution is 2.12. The summed E-state index contributed by atoms with van der Waals surface area (Å²) in [6, 6.07) is 7.27. The van der Waals surface area contributed by atoms with Crippen LogP contribution in [0.25, 0.3) is 0 Å². The summed E-state index contributed by atoms with van der Waals surface area (Å²) < 4.78 is 15.1. The predicted molar refractivity (Wildman–Crippen MR) is 68.6 cm³/mol. The van der Waals surface area contributed by atoms with E-state index in [9.17, 15) is 0 Å². The van der Waals surface area contributed by atoms with Crippen molar-refractivity contribution in [3.05, 3.63) is 35.4 Å². The number of epoxide rings is 2. The molecule has 2 unspecified atom stereocenters. The van der Waals surface area contributed by atoms with Gasteiger partial charge in [-0.05, 0) is 11.1 Å². The highest BCUT2D eigenvalue weighted by molar-refractivity contribution is 5.25. The Morgan fingerprint density at radius 2 is 1.37 bits per heavy atom. The molecule has 2 N–H and O–H groups in total. The maximum absolute atomic E-state index is 8.74. The van der Waals surface area contributed by atoms with E-state index in [-0.39, 0.29) is 13.2 Å². The number of benzene rings is 1. The molecule has 5 nitrogen and oxygen atoms in total. The summed E-state index contributed by atoms with van der Waals surface area (Å²) in [5.41, 5.74) is 1.59. The SMILES string of the molecule is C(OCC1CO1)C1CO1.OCc1ccccc1CO. The Morgan fingerprint density at radius 3 is 1.68 bits per heavy atom. The van der Waals surface area contributed by atoms with Crippen molar-refractivity contribution in [2.75, 3.05) is 26.4 Å². The van der Waals surface area contributed by atoms with E-state index in [1.54, 1.807) is 12.1 Å². The van der Waals surface area contributed by atoms with Gasteiger partial charge < -0.3 is 24.4 Å². The van der Waals surface area contributed by atoms with Crippen molar-refractivity contribution in [2.45, 2.75) is 25.4 Å². The van der Waals surface area contributed by atoms with Gasteiger partial charge in [0.25, 0.3) is 0 Å². The average Bonchev–Trinajstić information content (AvgIpc) is 3.34. The smallest absolute Gasteiger partial charge is 0.104 e. The van der Waals surface area contributed by atoms with Crippen LogP contribution in [-0.2, 0) is 27.4 Å². The highest BCUT2D eigenvalue weighted by atomic mass is 16.6. The monoisotopic (exact) mass is 268 g/mol. The van der Waals surface area contributed by atoms with Crippen LogP contribution in [0.4, 0.5) is 0 Å². The molecule has 2 atom stereocenters. The summed E-state index contributed by atoms with van der Waals surface area (Å²) in [6.45, 7) is 3.25. The minimum absolute atomic E-state index is 0.00324. The predicted octanol–water partition coefficient (Wildman–Crippen LogP) is 0.472. The van der Waals surface area contributed by atoms with E-state index in [2.05, 4.69) is 0 Å². The molecule has 3 rings (SSSR count). The molecule has 106 valence electrons. The number of rotatable bonds is 6. The van der Waals surface area contributed by atoms with E-state index in [0.717, 1.165) is 37.6 Å². The zero-order valence-electron chi connectivity index (χ0n) is 10.8. The Labute approximate surface area is 112 Å². The quantitative estimate of drug-likeness (QED) is 0.734. The zero-order valence-corrected chi connectivity index (χ0v) is 10.8. The fraction of sp³-hybridized carbons (Fsp3) is 0.571. The first kappa shape index (κ1) is 14.4. The lowest BCUT2D eigenvalue weighted by Crippen LogP contribution is -2.06. The summed E-state index contributed by atoms with van der Waals surface area (Å²) in [5, 5.41) is 17.5. The first-order valence-electron chi connectivity index (χ1n) is 6.43. The van der Waals surface area contributed by atoms with Crippen LogP contribution >= 0.6 is 0 Å². The molecule has 0 aliphatic carbocycles. The van der Waals surface area contributed by atoms with E-state index >= 15 is 0 Å². The molecule has 1 aromatic rings. The van der Waals surface area contributed by atoms with Crippen molar-refractivity contribution in [1.82, 2.24) is 0 Å². The molecule has 2 saturated heterocycles. The molecule has 1 aromatic carbocycles. The van der Waals surface area contributed by atoms with Crippen LogP contribution in [0.15, 0.2) is 24.3 Å². The summed E-state index contributed by atoms with van der Waals surface area (Å²) in [4.78, 5) is 0. The number of hydrogen-bond acceptors (Lipinski definition) is 5. The second-order valence-corrected chi connectivity index (χ2v) is 4.53. The van der Waals surface area contributed by atoms with Gasteiger partial charge in [-0.25, -0.2) is 0 Å². The van der Waals surface area contributed by atoms with E-state index in [1.807, 2.05) is 12.1 Å². The average molecular weight is 268 g/mol. The molecule has 0 aromatic heterocycles. The number of aliphatic hydroxyl groups excluding tert-OH is 2. The molecule has 5 heteroatoms. The Hall–Kier alpha value is -0.980. The van der Waals surface area contributed by atoms with Crippen molar-refractivity contribution in [1.29, 1.82) is 0 Å². The summed E-state index contributed by atoms with van der Waals surface area (Å²) in [5.74, 6) is 0. The van der Waals surface area contributed by atoms with Gasteiger partial charge in [-0.1, -0.05) is 24.3 Å². The van der Waals surface area contributed by atoms with E-state index in [1.165, 1.54) is 0 Å². The van der Waals surface area contributed by atoms with Crippen molar-refractivity contribution >= 4 is 0 Å². The Morgan fingerprint density at radius 1 is 0.947 bits per heavy atom. The summed E-state index contributed by atoms with van der Waals surface area (Å²) in [6.07, 6.45) is 0.785. The number of ether oxygens (including phenoxy) is 3. The van der Waals surface area contributed by atoms with Crippen LogP contribution in [0.5, 0.6) is 0 Å². The Bertz CT molecular complexity index is 339. The number of aliphatic hydroxyl groups is 2. The molecule has 2 aliphatic rings. The van der Waals surface area contributed by atoms with Crippen LogP contribution < -0.4 is 0 Å². The van der Waals surface area contributed by atoms with Crippen molar-refractivity contribution < 1.29 is 24.4 Å². The third-order valence-corrected chi connectivity index (χ3v) is 2.87.